The molecule has 2 aromatic carbocycles. The molecule has 9 nitrogen and oxygen atoms in total. The number of thioether (sulfide) groups is 1. The molecular formula is C23H24N6O3S. The summed E-state index contributed by atoms with van der Waals surface area (Å²) in [6.45, 7) is 2.97. The second-order valence-corrected chi connectivity index (χ2v) is 8.63. The Labute approximate surface area is 195 Å². The molecule has 5 rings (SSSR count). The summed E-state index contributed by atoms with van der Waals surface area (Å²) in [5.74, 6) is 1.96. The molecule has 0 aliphatic carbocycles. The smallest absolute Gasteiger partial charge is 0.233 e. The number of aromatic nitrogens is 4. The lowest BCUT2D eigenvalue weighted by Crippen LogP contribution is -2.49. The first kappa shape index (κ1) is 21.3. The molecule has 170 valence electrons. The summed E-state index contributed by atoms with van der Waals surface area (Å²) < 4.78 is 10.5. The van der Waals surface area contributed by atoms with Crippen molar-refractivity contribution in [1.29, 1.82) is 0 Å². The van der Waals surface area contributed by atoms with E-state index in [1.165, 1.54) is 11.8 Å². The van der Waals surface area contributed by atoms with Gasteiger partial charge in [0, 0.05) is 42.8 Å². The van der Waals surface area contributed by atoms with Gasteiger partial charge in [0.25, 0.3) is 0 Å². The van der Waals surface area contributed by atoms with Crippen LogP contribution in [0.2, 0.25) is 0 Å². The number of hydrogen-bond donors (Lipinski definition) is 1. The summed E-state index contributed by atoms with van der Waals surface area (Å²) >= 11 is 1.31. The predicted molar refractivity (Wildman–Crippen MR) is 128 cm³/mol. The maximum Gasteiger partial charge on any atom is 0.233 e. The SMILES string of the molecule is COc1ccc(N2CCN(C(=O)CSc3nnc4c(n3)[nH]c3ccc(OC)cc34)CC2)cc1. The van der Waals surface area contributed by atoms with Gasteiger partial charge in [-0.1, -0.05) is 11.8 Å². The number of fused-ring (bicyclic) bond motifs is 3. The van der Waals surface area contributed by atoms with E-state index in [1.807, 2.05) is 47.4 Å². The standard InChI is InChI=1S/C23H24N6O3S/c1-31-16-5-3-15(4-6-16)28-9-11-29(12-10-28)20(30)14-33-23-25-22-21(26-27-23)18-13-17(32-2)7-8-19(18)24-22/h3-8,13H,9-12,14H2,1-2H3,(H,24,25,27). The summed E-state index contributed by atoms with van der Waals surface area (Å²) in [5.41, 5.74) is 3.40. The molecule has 0 radical (unpaired) electrons. The number of amides is 1. The number of rotatable bonds is 6. The van der Waals surface area contributed by atoms with E-state index in [0.29, 0.717) is 29.4 Å². The fourth-order valence-electron chi connectivity index (χ4n) is 3.95. The first-order chi connectivity index (χ1) is 16.1. The minimum atomic E-state index is 0.0828. The maximum atomic E-state index is 12.7. The lowest BCUT2D eigenvalue weighted by Gasteiger charge is -2.36. The average molecular weight is 465 g/mol. The van der Waals surface area contributed by atoms with Crippen LogP contribution >= 0.6 is 11.8 Å². The Kier molecular flexibility index (Phi) is 5.91. The van der Waals surface area contributed by atoms with Gasteiger partial charge in [0.1, 0.15) is 17.0 Å². The first-order valence-corrected chi connectivity index (χ1v) is 11.6. The third-order valence-electron chi connectivity index (χ3n) is 5.80. The molecule has 1 aliphatic rings. The highest BCUT2D eigenvalue weighted by molar-refractivity contribution is 7.99. The van der Waals surface area contributed by atoms with Crippen LogP contribution in [0.5, 0.6) is 11.5 Å². The van der Waals surface area contributed by atoms with Gasteiger partial charge in [0.05, 0.1) is 20.0 Å². The van der Waals surface area contributed by atoms with Crippen molar-refractivity contribution in [1.82, 2.24) is 25.1 Å². The average Bonchev–Trinajstić information content (AvgIpc) is 3.24. The van der Waals surface area contributed by atoms with Crippen molar-refractivity contribution in [2.24, 2.45) is 0 Å². The second-order valence-electron chi connectivity index (χ2n) is 7.68. The minimum Gasteiger partial charge on any atom is -0.497 e. The third-order valence-corrected chi connectivity index (χ3v) is 6.62. The number of methoxy groups -OCH3 is 2. The lowest BCUT2D eigenvalue weighted by atomic mass is 10.2. The molecule has 33 heavy (non-hydrogen) atoms. The molecule has 3 heterocycles. The maximum absolute atomic E-state index is 12.7. The van der Waals surface area contributed by atoms with E-state index in [-0.39, 0.29) is 11.7 Å². The van der Waals surface area contributed by atoms with Gasteiger partial charge in [-0.2, -0.15) is 0 Å². The van der Waals surface area contributed by atoms with Crippen molar-refractivity contribution in [3.05, 3.63) is 42.5 Å². The van der Waals surface area contributed by atoms with Crippen molar-refractivity contribution in [2.45, 2.75) is 5.16 Å². The van der Waals surface area contributed by atoms with Gasteiger partial charge in [0.2, 0.25) is 11.1 Å². The number of H-pyrrole nitrogens is 1. The Morgan fingerprint density at radius 2 is 1.73 bits per heavy atom. The van der Waals surface area contributed by atoms with Gasteiger partial charge in [0.15, 0.2) is 5.65 Å². The Morgan fingerprint density at radius 1 is 1.00 bits per heavy atom. The quantitative estimate of drug-likeness (QED) is 0.435. The molecule has 1 N–H and O–H groups in total. The van der Waals surface area contributed by atoms with Crippen LogP contribution in [0.1, 0.15) is 0 Å². The Morgan fingerprint density at radius 3 is 2.45 bits per heavy atom. The van der Waals surface area contributed by atoms with Crippen LogP contribution in [0.3, 0.4) is 0 Å². The van der Waals surface area contributed by atoms with Crippen molar-refractivity contribution < 1.29 is 14.3 Å². The van der Waals surface area contributed by atoms with Crippen LogP contribution in [0.4, 0.5) is 5.69 Å². The van der Waals surface area contributed by atoms with E-state index in [4.69, 9.17) is 9.47 Å². The molecule has 0 unspecified atom stereocenters. The highest BCUT2D eigenvalue weighted by Crippen LogP contribution is 2.27. The molecule has 1 fully saturated rings. The number of anilines is 1. The molecule has 4 aromatic rings. The van der Waals surface area contributed by atoms with Crippen LogP contribution in [-0.4, -0.2) is 77.1 Å². The number of carbonyl (C=O) groups is 1. The van der Waals surface area contributed by atoms with Crippen molar-refractivity contribution >= 4 is 45.4 Å². The van der Waals surface area contributed by atoms with Crippen LogP contribution < -0.4 is 14.4 Å². The zero-order valence-electron chi connectivity index (χ0n) is 18.4. The molecule has 2 aromatic heterocycles. The molecule has 0 saturated carbocycles. The Balaban J connectivity index is 1.19. The van der Waals surface area contributed by atoms with E-state index in [0.717, 1.165) is 41.2 Å². The molecule has 10 heteroatoms. The zero-order chi connectivity index (χ0) is 22.8. The second kappa shape index (κ2) is 9.14. The summed E-state index contributed by atoms with van der Waals surface area (Å²) in [7, 11) is 3.29. The van der Waals surface area contributed by atoms with Gasteiger partial charge in [-0.3, -0.25) is 4.79 Å². The van der Waals surface area contributed by atoms with Gasteiger partial charge < -0.3 is 24.3 Å². The van der Waals surface area contributed by atoms with Gasteiger partial charge in [-0.25, -0.2) is 4.98 Å². The van der Waals surface area contributed by atoms with Crippen LogP contribution in [0.25, 0.3) is 22.1 Å². The monoisotopic (exact) mass is 464 g/mol. The Bertz CT molecular complexity index is 1280. The lowest BCUT2D eigenvalue weighted by molar-refractivity contribution is -0.128. The predicted octanol–water partition coefficient (Wildman–Crippen LogP) is 2.96. The van der Waals surface area contributed by atoms with Crippen LogP contribution in [-0.2, 0) is 4.79 Å². The van der Waals surface area contributed by atoms with E-state index in [9.17, 15) is 4.79 Å². The van der Waals surface area contributed by atoms with Gasteiger partial charge in [-0.05, 0) is 42.5 Å². The highest BCUT2D eigenvalue weighted by atomic mass is 32.2. The van der Waals surface area contributed by atoms with E-state index in [2.05, 4.69) is 25.1 Å². The highest BCUT2D eigenvalue weighted by Gasteiger charge is 2.22. The summed E-state index contributed by atoms with van der Waals surface area (Å²) in [6.07, 6.45) is 0. The number of nitrogens with zero attached hydrogens (tertiary/aromatic N) is 5. The number of benzene rings is 2. The zero-order valence-corrected chi connectivity index (χ0v) is 19.3. The van der Waals surface area contributed by atoms with E-state index < -0.39 is 0 Å². The fraction of sp³-hybridized carbons (Fsp3) is 0.304. The molecular weight excluding hydrogens is 440 g/mol. The van der Waals surface area contributed by atoms with Crippen molar-refractivity contribution in [3.8, 4) is 11.5 Å². The van der Waals surface area contributed by atoms with E-state index in [1.54, 1.807) is 14.2 Å². The molecule has 0 bridgehead atoms. The van der Waals surface area contributed by atoms with Crippen molar-refractivity contribution in [2.75, 3.05) is 51.1 Å². The Hall–Kier alpha value is -3.53. The summed E-state index contributed by atoms with van der Waals surface area (Å²) in [5, 5.41) is 9.94. The minimum absolute atomic E-state index is 0.0828. The molecule has 1 aliphatic heterocycles. The number of ether oxygens (including phenoxy) is 2. The third kappa shape index (κ3) is 4.38. The largest absolute Gasteiger partial charge is 0.497 e. The van der Waals surface area contributed by atoms with Gasteiger partial charge in [-0.15, -0.1) is 10.2 Å². The normalized spacial score (nSPS) is 14.1. The molecule has 0 atom stereocenters. The fourth-order valence-corrected chi connectivity index (χ4v) is 4.64. The number of hydrogen-bond acceptors (Lipinski definition) is 8. The molecule has 1 saturated heterocycles. The van der Waals surface area contributed by atoms with Crippen LogP contribution in [0, 0.1) is 0 Å². The summed E-state index contributed by atoms with van der Waals surface area (Å²) in [6, 6.07) is 13.7. The van der Waals surface area contributed by atoms with E-state index >= 15 is 0 Å². The van der Waals surface area contributed by atoms with Gasteiger partial charge >= 0.3 is 0 Å². The topological polar surface area (TPSA) is 96.5 Å². The number of carbonyl (C=O) groups excluding carboxylic acids is 1. The molecule has 1 amide bonds. The summed E-state index contributed by atoms with van der Waals surface area (Å²) in [4.78, 5) is 24.7. The number of piperazine rings is 1. The number of nitrogens with one attached hydrogen (secondary N) is 1. The number of aromatic amines is 1. The first-order valence-electron chi connectivity index (χ1n) is 10.6. The molecule has 0 spiro atoms. The van der Waals surface area contributed by atoms with Crippen LogP contribution in [0.15, 0.2) is 47.6 Å². The van der Waals surface area contributed by atoms with Crippen molar-refractivity contribution in [3.63, 3.8) is 0 Å².